The summed E-state index contributed by atoms with van der Waals surface area (Å²) in [4.78, 5) is 25.1. The quantitative estimate of drug-likeness (QED) is 0.714. The molecule has 0 saturated heterocycles. The summed E-state index contributed by atoms with van der Waals surface area (Å²) < 4.78 is 18.8. The average Bonchev–Trinajstić information content (AvgIpc) is 3.03. The van der Waals surface area contributed by atoms with E-state index in [2.05, 4.69) is 5.32 Å². The van der Waals surface area contributed by atoms with Gasteiger partial charge in [0.1, 0.15) is 11.6 Å². The number of carbonyl (C=O) groups excluding carboxylic acids is 2. The molecule has 0 unspecified atom stereocenters. The van der Waals surface area contributed by atoms with Crippen LogP contribution in [0.5, 0.6) is 5.75 Å². The van der Waals surface area contributed by atoms with Gasteiger partial charge >= 0.3 is 0 Å². The second-order valence-electron chi connectivity index (χ2n) is 5.41. The summed E-state index contributed by atoms with van der Waals surface area (Å²) in [5, 5.41) is 4.85. The molecular weight excluding hydrogens is 345 g/mol. The number of primary amides is 1. The number of hydrogen-bond acceptors (Lipinski definition) is 5. The lowest BCUT2D eigenvalue weighted by Gasteiger charge is -2.16. The summed E-state index contributed by atoms with van der Waals surface area (Å²) in [6.45, 7) is 1.37. The number of likely N-dealkylation sites (N-methyl/N-ethyl adjacent to an activating group) is 1. The molecule has 0 aliphatic rings. The minimum atomic E-state index is -0.570. The van der Waals surface area contributed by atoms with Crippen LogP contribution < -0.4 is 15.8 Å². The van der Waals surface area contributed by atoms with Gasteiger partial charge in [-0.3, -0.25) is 9.59 Å². The zero-order valence-corrected chi connectivity index (χ0v) is 14.6. The third-order valence-electron chi connectivity index (χ3n) is 3.47. The first-order valence-electron chi connectivity index (χ1n) is 7.70. The highest BCUT2D eigenvalue weighted by molar-refractivity contribution is 7.14. The van der Waals surface area contributed by atoms with Crippen LogP contribution in [-0.4, -0.2) is 43.5 Å². The first kappa shape index (κ1) is 18.9. The summed E-state index contributed by atoms with van der Waals surface area (Å²) in [5.41, 5.74) is 5.55. The standard InChI is InChI=1S/C17H20FN3O3S/c1-21(9-10-24-14-5-3-2-4-13(14)18)8-6-15(22)20-17-12(16(19)23)7-11-25-17/h2-5,7,11H,6,8-10H2,1H3,(H2,19,23)(H,20,22). The van der Waals surface area contributed by atoms with Gasteiger partial charge in [-0.1, -0.05) is 12.1 Å². The molecule has 2 rings (SSSR count). The number of thiophene rings is 1. The Morgan fingerprint density at radius 3 is 2.76 bits per heavy atom. The van der Waals surface area contributed by atoms with E-state index >= 15 is 0 Å². The Morgan fingerprint density at radius 1 is 1.28 bits per heavy atom. The highest BCUT2D eigenvalue weighted by Gasteiger charge is 2.13. The van der Waals surface area contributed by atoms with E-state index in [0.717, 1.165) is 0 Å². The first-order chi connectivity index (χ1) is 12.0. The monoisotopic (exact) mass is 365 g/mol. The highest BCUT2D eigenvalue weighted by Crippen LogP contribution is 2.22. The predicted molar refractivity (Wildman–Crippen MR) is 95.5 cm³/mol. The maximum absolute atomic E-state index is 13.4. The molecule has 1 aromatic carbocycles. The molecule has 6 nitrogen and oxygen atoms in total. The van der Waals surface area contributed by atoms with Gasteiger partial charge in [-0.25, -0.2) is 4.39 Å². The molecule has 0 saturated carbocycles. The summed E-state index contributed by atoms with van der Waals surface area (Å²) in [7, 11) is 1.85. The van der Waals surface area contributed by atoms with Crippen LogP contribution in [-0.2, 0) is 4.79 Å². The fourth-order valence-corrected chi connectivity index (χ4v) is 2.88. The lowest BCUT2D eigenvalue weighted by Crippen LogP contribution is -2.28. The van der Waals surface area contributed by atoms with Gasteiger partial charge in [0, 0.05) is 19.5 Å². The van der Waals surface area contributed by atoms with Crippen LogP contribution in [0.2, 0.25) is 0 Å². The van der Waals surface area contributed by atoms with Gasteiger partial charge in [0.15, 0.2) is 11.6 Å². The Kier molecular flexibility index (Phi) is 6.91. The van der Waals surface area contributed by atoms with Crippen molar-refractivity contribution >= 4 is 28.2 Å². The van der Waals surface area contributed by atoms with Crippen molar-refractivity contribution in [2.45, 2.75) is 6.42 Å². The topological polar surface area (TPSA) is 84.7 Å². The smallest absolute Gasteiger partial charge is 0.251 e. The van der Waals surface area contributed by atoms with E-state index in [1.54, 1.807) is 29.6 Å². The zero-order valence-electron chi connectivity index (χ0n) is 13.8. The van der Waals surface area contributed by atoms with Crippen LogP contribution in [0.4, 0.5) is 9.39 Å². The molecule has 8 heteroatoms. The molecule has 0 aliphatic heterocycles. The van der Waals surface area contributed by atoms with Crippen molar-refractivity contribution in [2.75, 3.05) is 32.1 Å². The van der Waals surface area contributed by atoms with E-state index < -0.39 is 11.7 Å². The molecule has 0 aliphatic carbocycles. The largest absolute Gasteiger partial charge is 0.489 e. The van der Waals surface area contributed by atoms with E-state index in [-0.39, 0.29) is 18.1 Å². The van der Waals surface area contributed by atoms with E-state index in [4.69, 9.17) is 10.5 Å². The molecule has 1 heterocycles. The van der Waals surface area contributed by atoms with Gasteiger partial charge in [0.05, 0.1) is 5.56 Å². The van der Waals surface area contributed by atoms with Crippen molar-refractivity contribution in [2.24, 2.45) is 5.73 Å². The number of amides is 2. The maximum atomic E-state index is 13.4. The number of anilines is 1. The van der Waals surface area contributed by atoms with Crippen molar-refractivity contribution in [1.82, 2.24) is 4.90 Å². The van der Waals surface area contributed by atoms with Crippen LogP contribution in [0.25, 0.3) is 0 Å². The number of nitrogens with one attached hydrogen (secondary N) is 1. The van der Waals surface area contributed by atoms with Crippen molar-refractivity contribution in [3.05, 3.63) is 47.1 Å². The Hall–Kier alpha value is -2.45. The zero-order chi connectivity index (χ0) is 18.2. The second kappa shape index (κ2) is 9.14. The Balaban J connectivity index is 1.70. The first-order valence-corrected chi connectivity index (χ1v) is 8.58. The molecule has 0 spiro atoms. The minimum absolute atomic E-state index is 0.202. The Bertz CT molecular complexity index is 735. The number of halogens is 1. The number of para-hydroxylation sites is 1. The molecular formula is C17H20FN3O3S. The van der Waals surface area contributed by atoms with E-state index in [9.17, 15) is 14.0 Å². The predicted octanol–water partition coefficient (Wildman–Crippen LogP) is 2.33. The van der Waals surface area contributed by atoms with Gasteiger partial charge < -0.3 is 20.7 Å². The fourth-order valence-electron chi connectivity index (χ4n) is 2.07. The number of ether oxygens (including phenoxy) is 1. The molecule has 0 fully saturated rings. The lowest BCUT2D eigenvalue weighted by atomic mass is 10.3. The number of benzene rings is 1. The summed E-state index contributed by atoms with van der Waals surface area (Å²) in [6.07, 6.45) is 0.256. The van der Waals surface area contributed by atoms with E-state index in [0.29, 0.717) is 30.3 Å². The highest BCUT2D eigenvalue weighted by atomic mass is 32.1. The molecule has 2 aromatic rings. The molecule has 0 radical (unpaired) electrons. The van der Waals surface area contributed by atoms with Crippen LogP contribution in [0, 0.1) is 5.82 Å². The molecule has 25 heavy (non-hydrogen) atoms. The second-order valence-corrected chi connectivity index (χ2v) is 6.32. The summed E-state index contributed by atoms with van der Waals surface area (Å²) in [6, 6.07) is 7.80. The molecule has 3 N–H and O–H groups in total. The van der Waals surface area contributed by atoms with Gasteiger partial charge in [0.25, 0.3) is 5.91 Å². The van der Waals surface area contributed by atoms with Gasteiger partial charge in [-0.15, -0.1) is 11.3 Å². The SMILES string of the molecule is CN(CCOc1ccccc1F)CCC(=O)Nc1sccc1C(N)=O. The van der Waals surface area contributed by atoms with E-state index in [1.807, 2.05) is 11.9 Å². The van der Waals surface area contributed by atoms with Gasteiger partial charge in [0.2, 0.25) is 5.91 Å². The summed E-state index contributed by atoms with van der Waals surface area (Å²) >= 11 is 1.25. The minimum Gasteiger partial charge on any atom is -0.489 e. The van der Waals surface area contributed by atoms with Crippen LogP contribution in [0.3, 0.4) is 0 Å². The van der Waals surface area contributed by atoms with Crippen molar-refractivity contribution in [3.63, 3.8) is 0 Å². The molecule has 2 amide bonds. The van der Waals surface area contributed by atoms with E-state index in [1.165, 1.54) is 17.4 Å². The number of nitrogens with two attached hydrogens (primary N) is 1. The fraction of sp³-hybridized carbons (Fsp3) is 0.294. The number of carbonyl (C=O) groups is 2. The van der Waals surface area contributed by atoms with Crippen LogP contribution in [0.1, 0.15) is 16.8 Å². The van der Waals surface area contributed by atoms with Crippen LogP contribution >= 0.6 is 11.3 Å². The molecule has 1 aromatic heterocycles. The van der Waals surface area contributed by atoms with Crippen molar-refractivity contribution in [1.29, 1.82) is 0 Å². The maximum Gasteiger partial charge on any atom is 0.251 e. The normalized spacial score (nSPS) is 10.7. The molecule has 134 valence electrons. The Morgan fingerprint density at radius 2 is 2.04 bits per heavy atom. The van der Waals surface area contributed by atoms with Gasteiger partial charge in [-0.2, -0.15) is 0 Å². The molecule has 0 atom stereocenters. The third-order valence-corrected chi connectivity index (χ3v) is 4.30. The van der Waals surface area contributed by atoms with Crippen LogP contribution in [0.15, 0.2) is 35.7 Å². The summed E-state index contributed by atoms with van der Waals surface area (Å²) in [5.74, 6) is -0.957. The third kappa shape index (κ3) is 5.84. The number of hydrogen-bond donors (Lipinski definition) is 2. The average molecular weight is 365 g/mol. The number of nitrogens with zero attached hydrogens (tertiary/aromatic N) is 1. The van der Waals surface area contributed by atoms with Gasteiger partial charge in [-0.05, 0) is 30.6 Å². The molecule has 0 bridgehead atoms. The van der Waals surface area contributed by atoms with Crippen molar-refractivity contribution < 1.29 is 18.7 Å². The number of rotatable bonds is 9. The Labute approximate surface area is 149 Å². The lowest BCUT2D eigenvalue weighted by molar-refractivity contribution is -0.116. The van der Waals surface area contributed by atoms with Crippen molar-refractivity contribution in [3.8, 4) is 5.75 Å².